The summed E-state index contributed by atoms with van der Waals surface area (Å²) in [5, 5.41) is 22.7. The maximum Gasteiger partial charge on any atom is 0.0698 e. The highest BCUT2D eigenvalue weighted by atomic mass is 16.5. The molecule has 0 aliphatic rings. The minimum Gasteiger partial charge on any atom is -0.394 e. The van der Waals surface area contributed by atoms with Crippen LogP contribution in [-0.4, -0.2) is 41.8 Å². The van der Waals surface area contributed by atoms with E-state index in [-0.39, 0.29) is 13.2 Å². The van der Waals surface area contributed by atoms with E-state index < -0.39 is 0 Å². The highest BCUT2D eigenvalue weighted by Gasteiger charge is 1.79. The molecule has 5 heteroatoms. The predicted octanol–water partition coefficient (Wildman–Crippen LogP) is -1.68. The first-order valence-corrected chi connectivity index (χ1v) is 2.47. The van der Waals surface area contributed by atoms with Crippen molar-refractivity contribution in [1.29, 1.82) is 0 Å². The van der Waals surface area contributed by atoms with Gasteiger partial charge in [-0.2, -0.15) is 0 Å². The summed E-state index contributed by atoms with van der Waals surface area (Å²) in [5.41, 5.74) is 0. The molecule has 9 heavy (non-hydrogen) atoms. The van der Waals surface area contributed by atoms with Gasteiger partial charge >= 0.3 is 0 Å². The lowest BCUT2D eigenvalue weighted by Crippen LogP contribution is -2.03. The Morgan fingerprint density at radius 3 is 1.56 bits per heavy atom. The van der Waals surface area contributed by atoms with Gasteiger partial charge in [0.2, 0.25) is 0 Å². The molecule has 0 saturated carbocycles. The van der Waals surface area contributed by atoms with E-state index in [4.69, 9.17) is 15.4 Å². The molecule has 0 aromatic rings. The zero-order valence-electron chi connectivity index (χ0n) is 5.16. The Hall–Kier alpha value is -0.200. The standard InChI is InChI=1S/C4H10O3.H3NO/c5-1-3-7-4-2-6;1-2/h5-6H,1-4H2;2H,1H2. The fourth-order valence-electron chi connectivity index (χ4n) is 0.231. The average molecular weight is 139 g/mol. The molecule has 0 aromatic heterocycles. The van der Waals surface area contributed by atoms with Gasteiger partial charge in [-0.15, -0.1) is 0 Å². The Balaban J connectivity index is 0. The number of nitrogens with two attached hydrogens (primary N) is 1. The average Bonchev–Trinajstić information content (AvgIpc) is 1.94. The quantitative estimate of drug-likeness (QED) is 0.275. The topological polar surface area (TPSA) is 95.9 Å². The van der Waals surface area contributed by atoms with Gasteiger partial charge in [0, 0.05) is 0 Å². The van der Waals surface area contributed by atoms with Gasteiger partial charge < -0.3 is 20.2 Å². The Morgan fingerprint density at radius 1 is 1.00 bits per heavy atom. The summed E-state index contributed by atoms with van der Waals surface area (Å²) >= 11 is 0. The summed E-state index contributed by atoms with van der Waals surface area (Å²) in [5.74, 6) is 3.50. The smallest absolute Gasteiger partial charge is 0.0698 e. The number of hydrogen-bond donors (Lipinski definition) is 4. The van der Waals surface area contributed by atoms with Crippen LogP contribution in [0.3, 0.4) is 0 Å². The summed E-state index contributed by atoms with van der Waals surface area (Å²) in [6, 6.07) is 0. The normalized spacial score (nSPS) is 8.00. The van der Waals surface area contributed by atoms with Crippen LogP contribution in [-0.2, 0) is 4.74 Å². The van der Waals surface area contributed by atoms with Crippen LogP contribution in [0.1, 0.15) is 0 Å². The van der Waals surface area contributed by atoms with Crippen LogP contribution in [0, 0.1) is 0 Å². The zero-order chi connectivity index (χ0) is 7.54. The molecule has 0 spiro atoms. The molecule has 0 rings (SSSR count). The molecule has 0 bridgehead atoms. The molecule has 5 nitrogen and oxygen atoms in total. The third-order valence-corrected chi connectivity index (χ3v) is 0.471. The Morgan fingerprint density at radius 2 is 1.33 bits per heavy atom. The number of ether oxygens (including phenoxy) is 1. The van der Waals surface area contributed by atoms with E-state index in [9.17, 15) is 0 Å². The van der Waals surface area contributed by atoms with Crippen molar-refractivity contribution in [2.24, 2.45) is 5.90 Å². The molecule has 0 atom stereocenters. The Bertz CT molecular complexity index is 31.7. The van der Waals surface area contributed by atoms with E-state index >= 15 is 0 Å². The van der Waals surface area contributed by atoms with Crippen LogP contribution >= 0.6 is 0 Å². The van der Waals surface area contributed by atoms with Crippen molar-refractivity contribution in [1.82, 2.24) is 0 Å². The van der Waals surface area contributed by atoms with Crippen molar-refractivity contribution in [2.75, 3.05) is 26.4 Å². The van der Waals surface area contributed by atoms with Crippen LogP contribution < -0.4 is 5.90 Å². The van der Waals surface area contributed by atoms with Crippen LogP contribution in [0.5, 0.6) is 0 Å². The predicted molar refractivity (Wildman–Crippen MR) is 31.0 cm³/mol. The van der Waals surface area contributed by atoms with E-state index in [0.29, 0.717) is 13.2 Å². The van der Waals surface area contributed by atoms with Gasteiger partial charge in [-0.3, -0.25) is 0 Å². The molecule has 0 saturated heterocycles. The second kappa shape index (κ2) is 15.7. The fraction of sp³-hybridized carbons (Fsp3) is 1.00. The largest absolute Gasteiger partial charge is 0.394 e. The Kier molecular flexibility index (Phi) is 20.1. The molecule has 5 N–H and O–H groups in total. The van der Waals surface area contributed by atoms with E-state index in [2.05, 4.69) is 10.6 Å². The minimum atomic E-state index is 0.0278. The van der Waals surface area contributed by atoms with Gasteiger partial charge in [0.1, 0.15) is 0 Å². The number of aliphatic hydroxyl groups is 2. The zero-order valence-corrected chi connectivity index (χ0v) is 5.16. The first-order valence-electron chi connectivity index (χ1n) is 2.47. The van der Waals surface area contributed by atoms with Crippen molar-refractivity contribution in [3.63, 3.8) is 0 Å². The first-order chi connectivity index (χ1) is 4.41. The van der Waals surface area contributed by atoms with Crippen LogP contribution in [0.4, 0.5) is 0 Å². The molecular weight excluding hydrogens is 126 g/mol. The highest BCUT2D eigenvalue weighted by molar-refractivity contribution is 4.24. The minimum absolute atomic E-state index is 0.0278. The molecular formula is C4H13NO4. The van der Waals surface area contributed by atoms with Gasteiger partial charge in [0.25, 0.3) is 0 Å². The van der Waals surface area contributed by atoms with Crippen LogP contribution in [0.2, 0.25) is 0 Å². The van der Waals surface area contributed by atoms with Crippen LogP contribution in [0.15, 0.2) is 0 Å². The van der Waals surface area contributed by atoms with Gasteiger partial charge in [-0.25, -0.2) is 5.90 Å². The SMILES string of the molecule is NO.OCCOCCO. The number of hydrogen-bond acceptors (Lipinski definition) is 5. The molecule has 58 valence electrons. The molecule has 0 aliphatic carbocycles. The number of rotatable bonds is 4. The van der Waals surface area contributed by atoms with Gasteiger partial charge in [-0.05, 0) is 0 Å². The first kappa shape index (κ1) is 11.6. The van der Waals surface area contributed by atoms with Crippen molar-refractivity contribution in [3.8, 4) is 0 Å². The molecule has 0 unspecified atom stereocenters. The molecule has 0 heterocycles. The lowest BCUT2D eigenvalue weighted by Gasteiger charge is -1.94. The second-order valence-electron chi connectivity index (χ2n) is 1.06. The monoisotopic (exact) mass is 139 g/mol. The van der Waals surface area contributed by atoms with E-state index in [1.165, 1.54) is 0 Å². The lowest BCUT2D eigenvalue weighted by molar-refractivity contribution is 0.0650. The Labute approximate surface area is 53.6 Å². The van der Waals surface area contributed by atoms with Crippen molar-refractivity contribution < 1.29 is 20.2 Å². The van der Waals surface area contributed by atoms with Crippen LogP contribution in [0.25, 0.3) is 0 Å². The lowest BCUT2D eigenvalue weighted by atomic mass is 10.7. The molecule has 0 aliphatic heterocycles. The van der Waals surface area contributed by atoms with Gasteiger partial charge in [0.15, 0.2) is 0 Å². The summed E-state index contributed by atoms with van der Waals surface area (Å²) in [6.07, 6.45) is 0. The van der Waals surface area contributed by atoms with E-state index in [1.54, 1.807) is 0 Å². The maximum atomic E-state index is 8.09. The highest BCUT2D eigenvalue weighted by Crippen LogP contribution is 1.68. The fourth-order valence-corrected chi connectivity index (χ4v) is 0.231. The summed E-state index contributed by atoms with van der Waals surface area (Å²) in [7, 11) is 0. The molecule has 0 radical (unpaired) electrons. The molecule has 0 fully saturated rings. The van der Waals surface area contributed by atoms with Gasteiger partial charge in [-0.1, -0.05) is 0 Å². The second-order valence-corrected chi connectivity index (χ2v) is 1.06. The van der Waals surface area contributed by atoms with Crippen molar-refractivity contribution >= 4 is 0 Å². The van der Waals surface area contributed by atoms with E-state index in [1.807, 2.05) is 0 Å². The van der Waals surface area contributed by atoms with E-state index in [0.717, 1.165) is 0 Å². The molecule has 0 aromatic carbocycles. The number of aliphatic hydroxyl groups excluding tert-OH is 2. The molecule has 0 amide bonds. The van der Waals surface area contributed by atoms with Gasteiger partial charge in [0.05, 0.1) is 26.4 Å². The third-order valence-electron chi connectivity index (χ3n) is 0.471. The van der Waals surface area contributed by atoms with Crippen molar-refractivity contribution in [3.05, 3.63) is 0 Å². The maximum absolute atomic E-state index is 8.09. The van der Waals surface area contributed by atoms with Crippen molar-refractivity contribution in [2.45, 2.75) is 0 Å². The third kappa shape index (κ3) is 18.2. The summed E-state index contributed by atoms with van der Waals surface area (Å²) < 4.78 is 4.63. The summed E-state index contributed by atoms with van der Waals surface area (Å²) in [6.45, 7) is 0.696. The summed E-state index contributed by atoms with van der Waals surface area (Å²) in [4.78, 5) is 0.